The molecule has 19 heavy (non-hydrogen) atoms. The summed E-state index contributed by atoms with van der Waals surface area (Å²) in [7, 11) is 0. The smallest absolute Gasteiger partial charge is 0.310 e. The zero-order valence-corrected chi connectivity index (χ0v) is 11.9. The van der Waals surface area contributed by atoms with E-state index in [9.17, 15) is 9.90 Å². The van der Waals surface area contributed by atoms with Gasteiger partial charge in [-0.2, -0.15) is 0 Å². The zero-order chi connectivity index (χ0) is 13.9. The van der Waals surface area contributed by atoms with Crippen LogP contribution in [0.5, 0.6) is 0 Å². The number of carboxylic acid groups (broad SMARTS) is 1. The minimum atomic E-state index is -0.673. The summed E-state index contributed by atoms with van der Waals surface area (Å²) in [4.78, 5) is 13.8. The van der Waals surface area contributed by atoms with Crippen molar-refractivity contribution in [1.82, 2.24) is 4.90 Å². The lowest BCUT2D eigenvalue weighted by Crippen LogP contribution is -2.43. The SMILES string of the molecule is CCCC(C)(CN1CCc2ccccc2C1)C(=O)O. The van der Waals surface area contributed by atoms with Crippen LogP contribution in [-0.2, 0) is 17.8 Å². The van der Waals surface area contributed by atoms with Crippen LogP contribution in [0.2, 0.25) is 0 Å². The van der Waals surface area contributed by atoms with Gasteiger partial charge in [0.05, 0.1) is 5.41 Å². The Kier molecular flexibility index (Phi) is 4.25. The van der Waals surface area contributed by atoms with Crippen LogP contribution in [-0.4, -0.2) is 29.1 Å². The van der Waals surface area contributed by atoms with Gasteiger partial charge in [-0.3, -0.25) is 9.69 Å². The molecule has 1 unspecified atom stereocenters. The Morgan fingerprint density at radius 3 is 2.68 bits per heavy atom. The molecule has 0 spiro atoms. The van der Waals surface area contributed by atoms with Crippen LogP contribution in [0.4, 0.5) is 0 Å². The third-order valence-corrected chi connectivity index (χ3v) is 4.10. The maximum absolute atomic E-state index is 11.5. The Morgan fingerprint density at radius 1 is 1.37 bits per heavy atom. The molecule has 0 fully saturated rings. The number of hydrogen-bond donors (Lipinski definition) is 1. The van der Waals surface area contributed by atoms with E-state index in [-0.39, 0.29) is 0 Å². The molecule has 0 bridgehead atoms. The quantitative estimate of drug-likeness (QED) is 0.886. The van der Waals surface area contributed by atoms with E-state index in [1.165, 1.54) is 11.1 Å². The summed E-state index contributed by atoms with van der Waals surface area (Å²) < 4.78 is 0. The predicted molar refractivity (Wildman–Crippen MR) is 76.1 cm³/mol. The maximum atomic E-state index is 11.5. The average molecular weight is 261 g/mol. The fraction of sp³-hybridized carbons (Fsp3) is 0.562. The minimum Gasteiger partial charge on any atom is -0.481 e. The molecule has 0 saturated carbocycles. The van der Waals surface area contributed by atoms with E-state index >= 15 is 0 Å². The Balaban J connectivity index is 2.07. The van der Waals surface area contributed by atoms with Crippen LogP contribution < -0.4 is 0 Å². The van der Waals surface area contributed by atoms with Crippen LogP contribution in [0, 0.1) is 5.41 Å². The van der Waals surface area contributed by atoms with E-state index in [0.717, 1.165) is 32.4 Å². The molecule has 0 radical (unpaired) electrons. The zero-order valence-electron chi connectivity index (χ0n) is 11.9. The van der Waals surface area contributed by atoms with Gasteiger partial charge in [0.15, 0.2) is 0 Å². The molecule has 0 aromatic heterocycles. The van der Waals surface area contributed by atoms with Crippen LogP contribution in [0.1, 0.15) is 37.8 Å². The molecule has 1 aliphatic heterocycles. The molecule has 0 saturated heterocycles. The van der Waals surface area contributed by atoms with E-state index in [4.69, 9.17) is 0 Å². The molecule has 3 nitrogen and oxygen atoms in total. The summed E-state index contributed by atoms with van der Waals surface area (Å²) in [6.45, 7) is 6.41. The number of rotatable bonds is 5. The minimum absolute atomic E-state index is 0.624. The van der Waals surface area contributed by atoms with Crippen LogP contribution >= 0.6 is 0 Å². The standard InChI is InChI=1S/C16H23NO2/c1-3-9-16(2,15(18)19)12-17-10-8-13-6-4-5-7-14(13)11-17/h4-7H,3,8-12H2,1-2H3,(H,18,19). The molecule has 1 atom stereocenters. The fourth-order valence-corrected chi connectivity index (χ4v) is 2.99. The first kappa shape index (κ1) is 14.1. The second-order valence-electron chi connectivity index (χ2n) is 5.85. The Labute approximate surface area is 115 Å². The second kappa shape index (κ2) is 5.74. The van der Waals surface area contributed by atoms with Gasteiger partial charge in [-0.15, -0.1) is 0 Å². The van der Waals surface area contributed by atoms with Crippen molar-refractivity contribution in [3.63, 3.8) is 0 Å². The lowest BCUT2D eigenvalue weighted by atomic mass is 9.84. The van der Waals surface area contributed by atoms with Gasteiger partial charge in [-0.05, 0) is 30.9 Å². The summed E-state index contributed by atoms with van der Waals surface area (Å²) in [5, 5.41) is 9.46. The van der Waals surface area contributed by atoms with Gasteiger partial charge in [0.25, 0.3) is 0 Å². The number of aliphatic carboxylic acids is 1. The van der Waals surface area contributed by atoms with Crippen LogP contribution in [0.15, 0.2) is 24.3 Å². The molecule has 2 rings (SSSR count). The van der Waals surface area contributed by atoms with Gasteiger partial charge in [-0.25, -0.2) is 0 Å². The molecule has 1 aromatic carbocycles. The van der Waals surface area contributed by atoms with Crippen molar-refractivity contribution in [2.24, 2.45) is 5.41 Å². The highest BCUT2D eigenvalue weighted by molar-refractivity contribution is 5.74. The van der Waals surface area contributed by atoms with Crippen molar-refractivity contribution in [2.45, 2.75) is 39.7 Å². The third kappa shape index (κ3) is 3.16. The number of benzene rings is 1. The number of carboxylic acids is 1. The van der Waals surface area contributed by atoms with Gasteiger partial charge in [0.1, 0.15) is 0 Å². The number of hydrogen-bond acceptors (Lipinski definition) is 2. The Bertz CT molecular complexity index is 458. The first-order chi connectivity index (χ1) is 9.05. The molecule has 0 aliphatic carbocycles. The van der Waals surface area contributed by atoms with E-state index in [0.29, 0.717) is 6.54 Å². The van der Waals surface area contributed by atoms with Crippen molar-refractivity contribution in [3.05, 3.63) is 35.4 Å². The maximum Gasteiger partial charge on any atom is 0.310 e. The average Bonchev–Trinajstić information content (AvgIpc) is 2.38. The largest absolute Gasteiger partial charge is 0.481 e. The Morgan fingerprint density at radius 2 is 2.05 bits per heavy atom. The third-order valence-electron chi connectivity index (χ3n) is 4.10. The van der Waals surface area contributed by atoms with Crippen molar-refractivity contribution >= 4 is 5.97 Å². The molecule has 1 aromatic rings. The lowest BCUT2D eigenvalue weighted by Gasteiger charge is -2.35. The molecular weight excluding hydrogens is 238 g/mol. The highest BCUT2D eigenvalue weighted by Gasteiger charge is 2.34. The van der Waals surface area contributed by atoms with E-state index in [1.54, 1.807) is 0 Å². The summed E-state index contributed by atoms with van der Waals surface area (Å²) >= 11 is 0. The predicted octanol–water partition coefficient (Wildman–Crippen LogP) is 2.94. The summed E-state index contributed by atoms with van der Waals surface area (Å²) in [6.07, 6.45) is 2.67. The highest BCUT2D eigenvalue weighted by Crippen LogP contribution is 2.28. The first-order valence-electron chi connectivity index (χ1n) is 7.08. The molecule has 1 heterocycles. The lowest BCUT2D eigenvalue weighted by molar-refractivity contribution is -0.149. The molecular formula is C16H23NO2. The van der Waals surface area contributed by atoms with Crippen LogP contribution in [0.25, 0.3) is 0 Å². The van der Waals surface area contributed by atoms with E-state index in [2.05, 4.69) is 29.2 Å². The van der Waals surface area contributed by atoms with Gasteiger partial charge in [0, 0.05) is 19.6 Å². The first-order valence-corrected chi connectivity index (χ1v) is 7.08. The molecule has 1 aliphatic rings. The summed E-state index contributed by atoms with van der Waals surface area (Å²) in [5.74, 6) is -0.673. The van der Waals surface area contributed by atoms with Gasteiger partial charge in [0.2, 0.25) is 0 Å². The summed E-state index contributed by atoms with van der Waals surface area (Å²) in [6, 6.07) is 8.46. The van der Waals surface area contributed by atoms with Crippen molar-refractivity contribution in [1.29, 1.82) is 0 Å². The van der Waals surface area contributed by atoms with Crippen molar-refractivity contribution in [2.75, 3.05) is 13.1 Å². The molecule has 104 valence electrons. The van der Waals surface area contributed by atoms with Gasteiger partial charge >= 0.3 is 5.97 Å². The van der Waals surface area contributed by atoms with Crippen LogP contribution in [0.3, 0.4) is 0 Å². The van der Waals surface area contributed by atoms with E-state index in [1.807, 2.05) is 13.8 Å². The highest BCUT2D eigenvalue weighted by atomic mass is 16.4. The Hall–Kier alpha value is -1.35. The molecule has 1 N–H and O–H groups in total. The second-order valence-corrected chi connectivity index (χ2v) is 5.85. The monoisotopic (exact) mass is 261 g/mol. The van der Waals surface area contributed by atoms with Crippen molar-refractivity contribution < 1.29 is 9.90 Å². The topological polar surface area (TPSA) is 40.5 Å². The molecule has 0 amide bonds. The molecule has 3 heteroatoms. The normalized spacial score (nSPS) is 18.6. The number of carbonyl (C=O) groups is 1. The van der Waals surface area contributed by atoms with Gasteiger partial charge in [-0.1, -0.05) is 37.6 Å². The van der Waals surface area contributed by atoms with Gasteiger partial charge < -0.3 is 5.11 Å². The van der Waals surface area contributed by atoms with Crippen molar-refractivity contribution in [3.8, 4) is 0 Å². The van der Waals surface area contributed by atoms with E-state index < -0.39 is 11.4 Å². The fourth-order valence-electron chi connectivity index (χ4n) is 2.99. The summed E-state index contributed by atoms with van der Waals surface area (Å²) in [5.41, 5.74) is 2.13. The number of fused-ring (bicyclic) bond motifs is 1. The number of nitrogens with zero attached hydrogens (tertiary/aromatic N) is 1.